The summed E-state index contributed by atoms with van der Waals surface area (Å²) in [5.74, 6) is -0.370. The monoisotopic (exact) mass is 366 g/mol. The Hall–Kier alpha value is -3.41. The van der Waals surface area contributed by atoms with Crippen molar-refractivity contribution >= 4 is 11.8 Å². The highest BCUT2D eigenvalue weighted by atomic mass is 19.1. The predicted octanol–water partition coefficient (Wildman–Crippen LogP) is 3.36. The van der Waals surface area contributed by atoms with E-state index in [0.717, 1.165) is 0 Å². The average molecular weight is 366 g/mol. The lowest BCUT2D eigenvalue weighted by molar-refractivity contribution is -0.127. The Labute approximate surface area is 156 Å². The number of nitrogens with one attached hydrogen (secondary N) is 1. The molecule has 1 aromatic heterocycles. The van der Waals surface area contributed by atoms with Crippen LogP contribution in [0.1, 0.15) is 23.8 Å². The number of hydrogen-bond donors (Lipinski definition) is 2. The van der Waals surface area contributed by atoms with E-state index in [2.05, 4.69) is 5.32 Å². The van der Waals surface area contributed by atoms with Gasteiger partial charge in [-0.3, -0.25) is 9.59 Å². The molecule has 5 nitrogen and oxygen atoms in total. The largest absolute Gasteiger partial charge is 0.461 e. The number of aryl methyl sites for hydroxylation is 1. The van der Waals surface area contributed by atoms with Crippen LogP contribution in [0.25, 0.3) is 11.3 Å². The van der Waals surface area contributed by atoms with E-state index in [-0.39, 0.29) is 18.1 Å². The van der Waals surface area contributed by atoms with Gasteiger partial charge in [0.1, 0.15) is 23.4 Å². The third-order valence-corrected chi connectivity index (χ3v) is 4.12. The maximum atomic E-state index is 13.8. The molecule has 0 radical (unpaired) electrons. The summed E-state index contributed by atoms with van der Waals surface area (Å²) >= 11 is 0. The number of hydrogen-bond acceptors (Lipinski definition) is 3. The van der Waals surface area contributed by atoms with Crippen molar-refractivity contribution in [2.45, 2.75) is 18.9 Å². The Bertz CT molecular complexity index is 937. The molecule has 2 aromatic carbocycles. The van der Waals surface area contributed by atoms with Gasteiger partial charge in [0, 0.05) is 12.8 Å². The number of rotatable bonds is 7. The van der Waals surface area contributed by atoms with E-state index in [1.54, 1.807) is 54.6 Å². The van der Waals surface area contributed by atoms with E-state index >= 15 is 0 Å². The van der Waals surface area contributed by atoms with Crippen LogP contribution >= 0.6 is 0 Å². The van der Waals surface area contributed by atoms with Crippen LogP contribution in [0.15, 0.2) is 71.1 Å². The minimum absolute atomic E-state index is 0.112. The van der Waals surface area contributed by atoms with Crippen molar-refractivity contribution in [3.8, 4) is 11.3 Å². The first kappa shape index (κ1) is 18.4. The Balaban J connectivity index is 1.61. The lowest BCUT2D eigenvalue weighted by atomic mass is 10.1. The summed E-state index contributed by atoms with van der Waals surface area (Å²) in [6, 6.07) is 17.6. The van der Waals surface area contributed by atoms with E-state index in [9.17, 15) is 14.0 Å². The number of benzene rings is 2. The van der Waals surface area contributed by atoms with Crippen molar-refractivity contribution in [1.29, 1.82) is 0 Å². The van der Waals surface area contributed by atoms with E-state index in [1.807, 2.05) is 6.07 Å². The molecule has 1 atom stereocenters. The van der Waals surface area contributed by atoms with Crippen LogP contribution in [0.4, 0.5) is 4.39 Å². The van der Waals surface area contributed by atoms with Crippen molar-refractivity contribution in [3.05, 3.63) is 83.9 Å². The summed E-state index contributed by atoms with van der Waals surface area (Å²) in [5, 5.41) is 2.64. The number of halogens is 1. The second-order valence-corrected chi connectivity index (χ2v) is 6.06. The predicted molar refractivity (Wildman–Crippen MR) is 98.9 cm³/mol. The maximum absolute atomic E-state index is 13.8. The second kappa shape index (κ2) is 8.31. The molecule has 1 heterocycles. The van der Waals surface area contributed by atoms with Crippen molar-refractivity contribution in [2.75, 3.05) is 0 Å². The Morgan fingerprint density at radius 2 is 1.70 bits per heavy atom. The van der Waals surface area contributed by atoms with Crippen LogP contribution in [-0.2, 0) is 16.0 Å². The van der Waals surface area contributed by atoms with E-state index in [1.165, 1.54) is 6.07 Å². The van der Waals surface area contributed by atoms with Crippen LogP contribution < -0.4 is 11.1 Å². The van der Waals surface area contributed by atoms with Crippen LogP contribution in [0, 0.1) is 5.82 Å². The van der Waals surface area contributed by atoms with Gasteiger partial charge in [0.2, 0.25) is 11.8 Å². The molecule has 3 rings (SSSR count). The first-order valence-electron chi connectivity index (χ1n) is 8.52. The van der Waals surface area contributed by atoms with E-state index < -0.39 is 11.9 Å². The Kier molecular flexibility index (Phi) is 5.66. The van der Waals surface area contributed by atoms with Gasteiger partial charge in [-0.1, -0.05) is 42.5 Å². The van der Waals surface area contributed by atoms with Gasteiger partial charge in [-0.2, -0.15) is 0 Å². The number of nitrogens with two attached hydrogens (primary N) is 1. The smallest absolute Gasteiger partial charge is 0.244 e. The van der Waals surface area contributed by atoms with Gasteiger partial charge >= 0.3 is 0 Å². The van der Waals surface area contributed by atoms with Gasteiger partial charge in [-0.25, -0.2) is 4.39 Å². The quantitative estimate of drug-likeness (QED) is 0.672. The highest BCUT2D eigenvalue weighted by molar-refractivity contribution is 5.87. The van der Waals surface area contributed by atoms with Gasteiger partial charge in [0.05, 0.1) is 5.56 Å². The molecule has 0 spiro atoms. The highest BCUT2D eigenvalue weighted by Gasteiger charge is 2.20. The summed E-state index contributed by atoms with van der Waals surface area (Å²) in [6.45, 7) is 0. The number of furan rings is 1. The topological polar surface area (TPSA) is 85.3 Å². The minimum atomic E-state index is -0.885. The van der Waals surface area contributed by atoms with Crippen molar-refractivity contribution in [3.63, 3.8) is 0 Å². The lowest BCUT2D eigenvalue weighted by Crippen LogP contribution is -2.37. The zero-order valence-corrected chi connectivity index (χ0v) is 14.5. The molecule has 3 N–H and O–H groups in total. The molecule has 0 unspecified atom stereocenters. The van der Waals surface area contributed by atoms with Gasteiger partial charge in [-0.05, 0) is 29.8 Å². The molecule has 0 aliphatic heterocycles. The molecule has 138 valence electrons. The fourth-order valence-corrected chi connectivity index (χ4v) is 2.75. The van der Waals surface area contributed by atoms with Crippen LogP contribution in [0.5, 0.6) is 0 Å². The average Bonchev–Trinajstić information content (AvgIpc) is 3.14. The number of carbonyl (C=O) groups is 2. The molecular weight excluding hydrogens is 347 g/mol. The van der Waals surface area contributed by atoms with Crippen LogP contribution in [-0.4, -0.2) is 11.8 Å². The third-order valence-electron chi connectivity index (χ3n) is 4.12. The second-order valence-electron chi connectivity index (χ2n) is 6.06. The summed E-state index contributed by atoms with van der Waals surface area (Å²) in [4.78, 5) is 23.9. The summed E-state index contributed by atoms with van der Waals surface area (Å²) in [6.07, 6.45) is 0.432. The Morgan fingerprint density at radius 1 is 1.00 bits per heavy atom. The van der Waals surface area contributed by atoms with E-state index in [0.29, 0.717) is 29.1 Å². The maximum Gasteiger partial charge on any atom is 0.244 e. The molecule has 27 heavy (non-hydrogen) atoms. The molecule has 3 aromatic rings. The third kappa shape index (κ3) is 4.61. The van der Waals surface area contributed by atoms with Gasteiger partial charge in [-0.15, -0.1) is 0 Å². The number of primary amides is 1. The SMILES string of the molecule is NC(=O)[C@@H](NC(=O)CCc1ccc(-c2ccccc2F)o1)c1ccccc1. The molecule has 6 heteroatoms. The summed E-state index contributed by atoms with van der Waals surface area (Å²) in [7, 11) is 0. The molecule has 0 saturated heterocycles. The van der Waals surface area contributed by atoms with Crippen molar-refractivity contribution in [1.82, 2.24) is 5.32 Å². The molecule has 2 amide bonds. The van der Waals surface area contributed by atoms with Gasteiger partial charge < -0.3 is 15.5 Å². The van der Waals surface area contributed by atoms with Crippen LogP contribution in [0.3, 0.4) is 0 Å². The molecule has 0 aliphatic carbocycles. The number of carbonyl (C=O) groups excluding carboxylic acids is 2. The molecule has 0 fully saturated rings. The normalized spacial score (nSPS) is 11.7. The summed E-state index contributed by atoms with van der Waals surface area (Å²) in [5.41, 5.74) is 6.39. The molecular formula is C21H19FN2O3. The van der Waals surface area contributed by atoms with Gasteiger partial charge in [0.15, 0.2) is 0 Å². The Morgan fingerprint density at radius 3 is 2.41 bits per heavy atom. The molecule has 0 aliphatic rings. The fraction of sp³-hybridized carbons (Fsp3) is 0.143. The van der Waals surface area contributed by atoms with Crippen LogP contribution in [0.2, 0.25) is 0 Å². The zero-order valence-electron chi connectivity index (χ0n) is 14.5. The first-order chi connectivity index (χ1) is 13.0. The number of amides is 2. The van der Waals surface area contributed by atoms with E-state index in [4.69, 9.17) is 10.2 Å². The minimum Gasteiger partial charge on any atom is -0.461 e. The van der Waals surface area contributed by atoms with Crippen molar-refractivity contribution in [2.24, 2.45) is 5.73 Å². The van der Waals surface area contributed by atoms with Gasteiger partial charge in [0.25, 0.3) is 0 Å². The zero-order chi connectivity index (χ0) is 19.2. The fourth-order valence-electron chi connectivity index (χ4n) is 2.75. The standard InChI is InChI=1S/C21H19FN2O3/c22-17-9-5-4-8-16(17)18-12-10-15(27-18)11-13-19(25)24-20(21(23)26)14-6-2-1-3-7-14/h1-10,12,20H,11,13H2,(H2,23,26)(H,24,25)/t20-/m0/s1. The molecule has 0 bridgehead atoms. The summed E-state index contributed by atoms with van der Waals surface area (Å²) < 4.78 is 19.4. The lowest BCUT2D eigenvalue weighted by Gasteiger charge is -2.15. The highest BCUT2D eigenvalue weighted by Crippen LogP contribution is 2.25. The molecule has 0 saturated carbocycles. The first-order valence-corrected chi connectivity index (χ1v) is 8.52. The van der Waals surface area contributed by atoms with Crippen molar-refractivity contribution < 1.29 is 18.4 Å².